The number of hydrogen-bond acceptors (Lipinski definition) is 0. The summed E-state index contributed by atoms with van der Waals surface area (Å²) in [6.07, 6.45) is 5.42. The Balaban J connectivity index is 0.000000207. The fourth-order valence-electron chi connectivity index (χ4n) is 11.9. The molecule has 0 aliphatic heterocycles. The molecule has 0 atom stereocenters. The van der Waals surface area contributed by atoms with E-state index in [1.165, 1.54) is 98.0 Å². The molecule has 0 unspecified atom stereocenters. The van der Waals surface area contributed by atoms with Gasteiger partial charge in [-0.2, -0.15) is 0 Å². The van der Waals surface area contributed by atoms with E-state index in [9.17, 15) is 0 Å². The third-order valence-corrected chi connectivity index (χ3v) is 14.6. The molecule has 0 radical (unpaired) electrons. The van der Waals surface area contributed by atoms with Gasteiger partial charge in [-0.1, -0.05) is 416 Å². The Bertz CT molecular complexity index is 3320. The molecule has 0 aromatic heterocycles. The average molecular weight is 1230 g/mol. The summed E-state index contributed by atoms with van der Waals surface area (Å²) in [5.74, 6) is 0. The van der Waals surface area contributed by atoms with Crippen LogP contribution < -0.4 is 0 Å². The molecule has 490 valence electrons. The molecule has 1 saturated carbocycles. The maximum Gasteiger partial charge on any atom is 0.0713 e. The van der Waals surface area contributed by atoms with E-state index in [1.54, 1.807) is 11.1 Å². The van der Waals surface area contributed by atoms with E-state index in [0.717, 1.165) is 0 Å². The molecule has 0 saturated heterocycles. The molecule has 9 aromatic rings. The Morgan fingerprint density at radius 2 is 0.380 bits per heavy atom. The first kappa shape index (κ1) is 75.7. The van der Waals surface area contributed by atoms with Gasteiger partial charge in [0.1, 0.15) is 0 Å². The van der Waals surface area contributed by atoms with Crippen LogP contribution in [0.15, 0.2) is 237 Å². The second kappa shape index (κ2) is 31.7. The van der Waals surface area contributed by atoms with Gasteiger partial charge in [0.25, 0.3) is 0 Å². The number of benzene rings is 9. The van der Waals surface area contributed by atoms with Gasteiger partial charge in [0.15, 0.2) is 0 Å². The summed E-state index contributed by atoms with van der Waals surface area (Å²) >= 11 is 0. The molecular formula is C92H122. The van der Waals surface area contributed by atoms with Gasteiger partial charge in [0, 0.05) is 10.8 Å². The van der Waals surface area contributed by atoms with E-state index in [4.69, 9.17) is 0 Å². The van der Waals surface area contributed by atoms with Crippen molar-refractivity contribution in [2.24, 2.45) is 32.5 Å². The lowest BCUT2D eigenvalue weighted by Crippen LogP contribution is -2.28. The number of fused-ring (bicyclic) bond motifs is 11. The van der Waals surface area contributed by atoms with Crippen molar-refractivity contribution in [3.05, 3.63) is 287 Å². The van der Waals surface area contributed by atoms with E-state index >= 15 is 0 Å². The molecule has 92 heavy (non-hydrogen) atoms. The van der Waals surface area contributed by atoms with Crippen LogP contribution >= 0.6 is 0 Å². The van der Waals surface area contributed by atoms with Crippen LogP contribution in [0.3, 0.4) is 0 Å². The summed E-state index contributed by atoms with van der Waals surface area (Å²) in [6.45, 7) is 54.8. The third kappa shape index (κ3) is 22.3. The highest BCUT2D eigenvalue weighted by Gasteiger charge is 2.47. The smallest absolute Gasteiger partial charge is 0.0622 e. The van der Waals surface area contributed by atoms with Crippen LogP contribution in [-0.4, -0.2) is 0 Å². The Hall–Kier alpha value is -7.02. The van der Waals surface area contributed by atoms with Crippen LogP contribution in [0.5, 0.6) is 0 Å². The van der Waals surface area contributed by atoms with Gasteiger partial charge in [-0.05, 0) is 136 Å². The van der Waals surface area contributed by atoms with Crippen LogP contribution in [0, 0.1) is 32.5 Å². The predicted molar refractivity (Wildman–Crippen MR) is 410 cm³/mol. The minimum absolute atomic E-state index is 0.0472. The molecule has 0 heterocycles. The highest BCUT2D eigenvalue weighted by molar-refractivity contribution is 5.87. The van der Waals surface area contributed by atoms with Gasteiger partial charge in [-0.25, -0.2) is 0 Å². The second-order valence-electron chi connectivity index (χ2n) is 35.5. The Morgan fingerprint density at radius 1 is 0.207 bits per heavy atom. The second-order valence-corrected chi connectivity index (χ2v) is 35.5. The van der Waals surface area contributed by atoms with Crippen molar-refractivity contribution in [3.63, 3.8) is 0 Å². The minimum atomic E-state index is -0.254. The van der Waals surface area contributed by atoms with Gasteiger partial charge in [0.05, 0.1) is 5.41 Å². The molecule has 1 spiro atoms. The topological polar surface area (TPSA) is 0 Å². The van der Waals surface area contributed by atoms with E-state index in [2.05, 4.69) is 410 Å². The predicted octanol–water partition coefficient (Wildman–Crippen LogP) is 27.9. The number of hydrogen-bond donors (Lipinski definition) is 0. The van der Waals surface area contributed by atoms with Crippen molar-refractivity contribution in [1.82, 2.24) is 0 Å². The molecule has 4 aliphatic carbocycles. The molecule has 0 heteroatoms. The summed E-state index contributed by atoms with van der Waals surface area (Å²) < 4.78 is 0. The van der Waals surface area contributed by atoms with E-state index < -0.39 is 0 Å². The lowest BCUT2D eigenvalue weighted by atomic mass is 9.68. The monoisotopic (exact) mass is 1230 g/mol. The highest BCUT2D eigenvalue weighted by Crippen LogP contribution is 2.58. The first-order chi connectivity index (χ1) is 42.7. The van der Waals surface area contributed by atoms with Crippen molar-refractivity contribution in [2.75, 3.05) is 0 Å². The average Bonchev–Trinajstić information content (AvgIpc) is 1.55. The largest absolute Gasteiger partial charge is 0.0713 e. The zero-order chi connectivity index (χ0) is 68.6. The van der Waals surface area contributed by atoms with Gasteiger partial charge in [-0.3, -0.25) is 0 Å². The van der Waals surface area contributed by atoms with E-state index in [1.807, 2.05) is 0 Å². The zero-order valence-corrected chi connectivity index (χ0v) is 62.3. The summed E-state index contributed by atoms with van der Waals surface area (Å²) in [6, 6.07) is 85.8. The summed E-state index contributed by atoms with van der Waals surface area (Å²) in [7, 11) is 0. The maximum absolute atomic E-state index is 2.35. The molecular weight excluding hydrogens is 1110 g/mol. The Morgan fingerprint density at radius 3 is 0.630 bits per heavy atom. The highest BCUT2D eigenvalue weighted by atomic mass is 14.5. The first-order valence-electron chi connectivity index (χ1n) is 34.4. The summed E-state index contributed by atoms with van der Waals surface area (Å²) in [5, 5.41) is 0. The lowest BCUT2D eigenvalue weighted by Gasteiger charge is -2.33. The quantitative estimate of drug-likeness (QED) is 0.165. The minimum Gasteiger partial charge on any atom is -0.0622 e. The third-order valence-electron chi connectivity index (χ3n) is 14.6. The molecule has 1 fully saturated rings. The lowest BCUT2D eigenvalue weighted by molar-refractivity contribution is 0.469. The van der Waals surface area contributed by atoms with Crippen molar-refractivity contribution < 1.29 is 0 Å². The van der Waals surface area contributed by atoms with Crippen LogP contribution in [0.25, 0.3) is 33.4 Å². The standard InChI is InChI=1S/C25H18.C20H16.C17H16.6C5H12/c1-3-11-19(12-4-1)25(20-13-5-2-6-14-20)23-17-9-7-15-21(23)22-16-8-10-18-24(22)25;1-20(15-9-3-2-4-10-15)18-13-7-5-11-16(18)17-12-6-8-14-19(17)20;1-3-9-15-13(7-1)14-8-2-4-10-16(14)17(15)11-5-6-12-17;6*1-5(2,3)4/h1-18H;2-14H,1H3;1-4,7-10H,5-6,11-12H2;6*1-4H3. The van der Waals surface area contributed by atoms with Crippen LogP contribution in [0.4, 0.5) is 0 Å². The van der Waals surface area contributed by atoms with Crippen LogP contribution in [0.1, 0.15) is 249 Å². The summed E-state index contributed by atoms with van der Waals surface area (Å²) in [4.78, 5) is 0. The molecule has 13 rings (SSSR count). The SMILES string of the molecule is CC(C)(C)C.CC(C)(C)C.CC(C)(C)C.CC(C)(C)C.CC(C)(C)C.CC(C)(C)C.CC1(c2ccccc2)c2ccccc2-c2ccccc21.c1ccc(C2(c3ccccc3)c3ccccc3-c3ccccc32)cc1.c1ccc2c(c1)-c1ccccc1C21CCCC1. The molecule has 9 aromatic carbocycles. The Kier molecular flexibility index (Phi) is 26.1. The van der Waals surface area contributed by atoms with Crippen LogP contribution in [0.2, 0.25) is 0 Å². The van der Waals surface area contributed by atoms with Crippen molar-refractivity contribution in [2.45, 2.75) is 215 Å². The van der Waals surface area contributed by atoms with Gasteiger partial charge < -0.3 is 0 Å². The van der Waals surface area contributed by atoms with Crippen molar-refractivity contribution >= 4 is 0 Å². The summed E-state index contributed by atoms with van der Waals surface area (Å²) in [5.41, 5.74) is 24.1. The van der Waals surface area contributed by atoms with E-state index in [-0.39, 0.29) is 10.8 Å². The molecule has 4 aliphatic rings. The maximum atomic E-state index is 2.35. The van der Waals surface area contributed by atoms with Gasteiger partial charge in [-0.15, -0.1) is 0 Å². The first-order valence-corrected chi connectivity index (χ1v) is 34.4. The zero-order valence-electron chi connectivity index (χ0n) is 62.3. The molecule has 0 N–H and O–H groups in total. The fourth-order valence-corrected chi connectivity index (χ4v) is 11.9. The normalized spacial score (nSPS) is 14.4. The fraction of sp³-hybridized carbons (Fsp3) is 0.413. The van der Waals surface area contributed by atoms with Crippen LogP contribution in [-0.2, 0) is 16.2 Å². The molecule has 0 nitrogen and oxygen atoms in total. The van der Waals surface area contributed by atoms with E-state index in [0.29, 0.717) is 37.9 Å². The molecule has 0 bridgehead atoms. The van der Waals surface area contributed by atoms with Gasteiger partial charge >= 0.3 is 0 Å². The Labute approximate surface area is 564 Å². The number of rotatable bonds is 3. The van der Waals surface area contributed by atoms with Gasteiger partial charge in [0.2, 0.25) is 0 Å². The van der Waals surface area contributed by atoms with Crippen molar-refractivity contribution in [1.29, 1.82) is 0 Å². The molecule has 0 amide bonds. The van der Waals surface area contributed by atoms with Crippen molar-refractivity contribution in [3.8, 4) is 33.4 Å².